The first-order valence-corrected chi connectivity index (χ1v) is 9.20. The first-order chi connectivity index (χ1) is 10.2. The molecule has 1 fully saturated rings. The first-order valence-electron chi connectivity index (χ1n) is 7.47. The second-order valence-corrected chi connectivity index (χ2v) is 7.66. The molecule has 0 radical (unpaired) electrons. The van der Waals surface area contributed by atoms with Crippen LogP contribution in [-0.4, -0.2) is 33.7 Å². The van der Waals surface area contributed by atoms with Crippen LogP contribution in [0.15, 0.2) is 24.3 Å². The Morgan fingerprint density at radius 2 is 2.14 bits per heavy atom. The number of amides is 1. The van der Waals surface area contributed by atoms with Crippen LogP contribution in [0.1, 0.15) is 37.1 Å². The number of halogens is 1. The second-order valence-electron chi connectivity index (χ2n) is 5.50. The van der Waals surface area contributed by atoms with Gasteiger partial charge in [0.2, 0.25) is 5.91 Å². The van der Waals surface area contributed by atoms with Crippen molar-refractivity contribution in [3.05, 3.63) is 29.3 Å². The van der Waals surface area contributed by atoms with E-state index in [0.29, 0.717) is 5.92 Å². The molecule has 0 spiro atoms. The number of aromatic nitrogens is 1. The van der Waals surface area contributed by atoms with Crippen LogP contribution in [0.25, 0.3) is 10.2 Å². The maximum atomic E-state index is 12.2. The average Bonchev–Trinajstić information content (AvgIpc) is 2.97. The fraction of sp³-hybridized carbons (Fsp3) is 0.500. The third-order valence-corrected chi connectivity index (χ3v) is 6.33. The van der Waals surface area contributed by atoms with Crippen LogP contribution in [0.5, 0.6) is 0 Å². The number of thiazole rings is 1. The molecule has 21 heavy (non-hydrogen) atoms. The normalized spacial score (nSPS) is 18.1. The Morgan fingerprint density at radius 1 is 1.43 bits per heavy atom. The zero-order chi connectivity index (χ0) is 14.8. The smallest absolute Gasteiger partial charge is 0.236 e. The average molecular weight is 367 g/mol. The van der Waals surface area contributed by atoms with E-state index in [1.54, 1.807) is 11.3 Å². The largest absolute Gasteiger partial charge is 0.342 e. The number of likely N-dealkylation sites (tertiary alicyclic amines) is 1. The molecule has 0 bridgehead atoms. The molecule has 1 aromatic carbocycles. The number of alkyl halides is 1. The van der Waals surface area contributed by atoms with E-state index in [4.69, 9.17) is 4.98 Å². The number of fused-ring (bicyclic) bond motifs is 1. The Hall–Kier alpha value is -0.940. The molecule has 0 saturated carbocycles. The minimum Gasteiger partial charge on any atom is -0.342 e. The molecule has 1 amide bonds. The van der Waals surface area contributed by atoms with Gasteiger partial charge >= 0.3 is 0 Å². The monoisotopic (exact) mass is 366 g/mol. The highest BCUT2D eigenvalue weighted by atomic mass is 79.9. The van der Waals surface area contributed by atoms with E-state index in [-0.39, 0.29) is 10.7 Å². The minimum absolute atomic E-state index is 0.0310. The van der Waals surface area contributed by atoms with E-state index in [1.807, 2.05) is 17.9 Å². The van der Waals surface area contributed by atoms with Gasteiger partial charge in [-0.15, -0.1) is 11.3 Å². The van der Waals surface area contributed by atoms with Crippen molar-refractivity contribution in [2.75, 3.05) is 13.1 Å². The molecule has 5 heteroatoms. The Balaban J connectivity index is 1.67. The summed E-state index contributed by atoms with van der Waals surface area (Å²) in [7, 11) is 0. The van der Waals surface area contributed by atoms with Crippen molar-refractivity contribution in [2.45, 2.75) is 36.9 Å². The first kappa shape index (κ1) is 15.0. The van der Waals surface area contributed by atoms with Crippen LogP contribution in [0, 0.1) is 0 Å². The molecule has 1 saturated heterocycles. The number of para-hydroxylation sites is 1. The molecule has 0 N–H and O–H groups in total. The molecule has 0 aliphatic carbocycles. The van der Waals surface area contributed by atoms with E-state index < -0.39 is 0 Å². The Morgan fingerprint density at radius 3 is 2.81 bits per heavy atom. The van der Waals surface area contributed by atoms with Gasteiger partial charge in [-0.3, -0.25) is 4.79 Å². The Bertz CT molecular complexity index is 601. The lowest BCUT2D eigenvalue weighted by Gasteiger charge is -2.32. The predicted octanol–water partition coefficient (Wildman–Crippen LogP) is 4.18. The van der Waals surface area contributed by atoms with Crippen LogP contribution in [0.4, 0.5) is 0 Å². The standard InChI is InChI=1S/C16H19BrN2OS/c1-2-12(17)16(20)19-9-7-11(8-10-19)15-18-13-5-3-4-6-14(13)21-15/h3-6,11-12H,2,7-10H2,1H3. The van der Waals surface area contributed by atoms with Crippen molar-refractivity contribution in [1.82, 2.24) is 9.88 Å². The molecular weight excluding hydrogens is 348 g/mol. The summed E-state index contributed by atoms with van der Waals surface area (Å²) in [5.74, 6) is 0.738. The molecule has 112 valence electrons. The number of benzene rings is 1. The van der Waals surface area contributed by atoms with Gasteiger partial charge in [-0.05, 0) is 31.4 Å². The maximum absolute atomic E-state index is 12.2. The van der Waals surface area contributed by atoms with Gasteiger partial charge < -0.3 is 4.90 Å². The van der Waals surface area contributed by atoms with E-state index in [2.05, 4.69) is 34.1 Å². The summed E-state index contributed by atoms with van der Waals surface area (Å²) >= 11 is 5.26. The fourth-order valence-electron chi connectivity index (χ4n) is 2.78. The van der Waals surface area contributed by atoms with Crippen LogP contribution >= 0.6 is 27.3 Å². The Labute approximate surface area is 137 Å². The van der Waals surface area contributed by atoms with E-state index >= 15 is 0 Å². The highest BCUT2D eigenvalue weighted by molar-refractivity contribution is 9.10. The quantitative estimate of drug-likeness (QED) is 0.763. The van der Waals surface area contributed by atoms with Crippen molar-refractivity contribution >= 4 is 43.4 Å². The van der Waals surface area contributed by atoms with Gasteiger partial charge in [-0.2, -0.15) is 0 Å². The van der Waals surface area contributed by atoms with Gasteiger partial charge in [0.15, 0.2) is 0 Å². The van der Waals surface area contributed by atoms with Gasteiger partial charge in [-0.1, -0.05) is 35.0 Å². The fourth-order valence-corrected chi connectivity index (χ4v) is 4.21. The van der Waals surface area contributed by atoms with E-state index in [0.717, 1.165) is 37.9 Å². The lowest BCUT2D eigenvalue weighted by atomic mass is 9.97. The summed E-state index contributed by atoms with van der Waals surface area (Å²) in [5.41, 5.74) is 1.10. The number of rotatable bonds is 3. The van der Waals surface area contributed by atoms with Crippen molar-refractivity contribution in [1.29, 1.82) is 0 Å². The third kappa shape index (κ3) is 3.14. The summed E-state index contributed by atoms with van der Waals surface area (Å²) < 4.78 is 1.26. The van der Waals surface area contributed by atoms with E-state index in [9.17, 15) is 4.79 Å². The zero-order valence-electron chi connectivity index (χ0n) is 12.1. The number of carbonyl (C=O) groups is 1. The predicted molar refractivity (Wildman–Crippen MR) is 91.2 cm³/mol. The molecular formula is C16H19BrN2OS. The molecule has 1 aliphatic rings. The summed E-state index contributed by atoms with van der Waals surface area (Å²) in [6.45, 7) is 3.73. The molecule has 1 atom stereocenters. The van der Waals surface area contributed by atoms with Gasteiger partial charge in [0.1, 0.15) is 0 Å². The number of hydrogen-bond donors (Lipinski definition) is 0. The van der Waals surface area contributed by atoms with Gasteiger partial charge in [0, 0.05) is 19.0 Å². The molecule has 1 unspecified atom stereocenters. The molecule has 1 aliphatic heterocycles. The number of hydrogen-bond acceptors (Lipinski definition) is 3. The highest BCUT2D eigenvalue weighted by Gasteiger charge is 2.28. The molecule has 3 rings (SSSR count). The lowest BCUT2D eigenvalue weighted by molar-refractivity contribution is -0.131. The van der Waals surface area contributed by atoms with Gasteiger partial charge in [0.25, 0.3) is 0 Å². The van der Waals surface area contributed by atoms with Crippen molar-refractivity contribution in [2.24, 2.45) is 0 Å². The maximum Gasteiger partial charge on any atom is 0.236 e. The molecule has 2 heterocycles. The van der Waals surface area contributed by atoms with Gasteiger partial charge in [0.05, 0.1) is 20.1 Å². The van der Waals surface area contributed by atoms with Crippen LogP contribution < -0.4 is 0 Å². The number of nitrogens with zero attached hydrogens (tertiary/aromatic N) is 2. The zero-order valence-corrected chi connectivity index (χ0v) is 14.5. The van der Waals surface area contributed by atoms with Gasteiger partial charge in [-0.25, -0.2) is 4.98 Å². The van der Waals surface area contributed by atoms with Crippen molar-refractivity contribution < 1.29 is 4.79 Å². The number of piperidine rings is 1. The van der Waals surface area contributed by atoms with Crippen LogP contribution in [-0.2, 0) is 4.79 Å². The SMILES string of the molecule is CCC(Br)C(=O)N1CCC(c2nc3ccccc3s2)CC1. The summed E-state index contributed by atoms with van der Waals surface area (Å²) in [4.78, 5) is 18.9. The van der Waals surface area contributed by atoms with E-state index in [1.165, 1.54) is 9.71 Å². The summed E-state index contributed by atoms with van der Waals surface area (Å²) in [6, 6.07) is 8.30. The van der Waals surface area contributed by atoms with Crippen LogP contribution in [0.2, 0.25) is 0 Å². The third-order valence-electron chi connectivity index (χ3n) is 4.09. The van der Waals surface area contributed by atoms with Crippen molar-refractivity contribution in [3.8, 4) is 0 Å². The highest BCUT2D eigenvalue weighted by Crippen LogP contribution is 2.34. The van der Waals surface area contributed by atoms with Crippen molar-refractivity contribution in [3.63, 3.8) is 0 Å². The summed E-state index contributed by atoms with van der Waals surface area (Å²) in [6.07, 6.45) is 2.89. The molecule has 1 aromatic heterocycles. The summed E-state index contributed by atoms with van der Waals surface area (Å²) in [5, 5.41) is 1.23. The topological polar surface area (TPSA) is 33.2 Å². The second kappa shape index (κ2) is 6.44. The van der Waals surface area contributed by atoms with Crippen LogP contribution in [0.3, 0.4) is 0 Å². The molecule has 3 nitrogen and oxygen atoms in total. The minimum atomic E-state index is -0.0310. The molecule has 2 aromatic rings. The number of carbonyl (C=O) groups excluding carboxylic acids is 1. The lowest BCUT2D eigenvalue weighted by Crippen LogP contribution is -2.41. The Kier molecular flexibility index (Phi) is 4.60.